The number of nitrogens with two attached hydrogens (primary N) is 1. The van der Waals surface area contributed by atoms with Gasteiger partial charge in [-0.05, 0) is 53.3 Å². The smallest absolute Gasteiger partial charge is 0.238 e. The molecule has 0 saturated carbocycles. The van der Waals surface area contributed by atoms with E-state index in [2.05, 4.69) is 27.9 Å². The Bertz CT molecular complexity index is 325. The van der Waals surface area contributed by atoms with Crippen LogP contribution in [-0.4, -0.2) is 12.5 Å². The molecule has 1 amide bonds. The number of amides is 1. The summed E-state index contributed by atoms with van der Waals surface area (Å²) in [6.45, 7) is 2.02. The topological polar surface area (TPSA) is 55.1 Å². The van der Waals surface area contributed by atoms with Gasteiger partial charge >= 0.3 is 0 Å². The second-order valence-corrected chi connectivity index (χ2v) is 3.88. The Morgan fingerprint density at radius 1 is 1.62 bits per heavy atom. The Kier molecular flexibility index (Phi) is 3.68. The van der Waals surface area contributed by atoms with Crippen molar-refractivity contribution in [2.45, 2.75) is 6.92 Å². The molecule has 0 atom stereocenters. The fourth-order valence-corrected chi connectivity index (χ4v) is 1.27. The van der Waals surface area contributed by atoms with Crippen LogP contribution in [0.2, 0.25) is 0 Å². The third kappa shape index (κ3) is 2.96. The van der Waals surface area contributed by atoms with Crippen molar-refractivity contribution in [2.24, 2.45) is 5.73 Å². The van der Waals surface area contributed by atoms with Crippen molar-refractivity contribution in [2.75, 3.05) is 11.9 Å². The van der Waals surface area contributed by atoms with Gasteiger partial charge in [0.15, 0.2) is 0 Å². The van der Waals surface area contributed by atoms with Crippen molar-refractivity contribution >= 4 is 34.2 Å². The summed E-state index contributed by atoms with van der Waals surface area (Å²) in [5.41, 5.74) is 7.12. The minimum Gasteiger partial charge on any atom is -0.325 e. The van der Waals surface area contributed by atoms with Crippen molar-refractivity contribution in [1.82, 2.24) is 0 Å². The highest BCUT2D eigenvalue weighted by molar-refractivity contribution is 14.1. The van der Waals surface area contributed by atoms with E-state index in [9.17, 15) is 4.79 Å². The van der Waals surface area contributed by atoms with Gasteiger partial charge in [0, 0.05) is 9.26 Å². The maximum Gasteiger partial charge on any atom is 0.238 e. The lowest BCUT2D eigenvalue weighted by molar-refractivity contribution is -0.114. The first-order valence-electron chi connectivity index (χ1n) is 3.89. The lowest BCUT2D eigenvalue weighted by atomic mass is 10.2. The summed E-state index contributed by atoms with van der Waals surface area (Å²) in [6, 6.07) is 5.75. The van der Waals surface area contributed by atoms with Crippen molar-refractivity contribution in [3.63, 3.8) is 0 Å². The minimum atomic E-state index is -0.166. The number of carbonyl (C=O) groups is 1. The number of aryl methyl sites for hydroxylation is 1. The molecule has 1 aromatic rings. The van der Waals surface area contributed by atoms with E-state index in [0.717, 1.165) is 11.3 Å². The first kappa shape index (κ1) is 10.5. The van der Waals surface area contributed by atoms with E-state index < -0.39 is 0 Å². The second-order valence-electron chi connectivity index (χ2n) is 2.72. The van der Waals surface area contributed by atoms with E-state index in [1.165, 1.54) is 3.57 Å². The molecule has 4 heteroatoms. The van der Waals surface area contributed by atoms with E-state index >= 15 is 0 Å². The van der Waals surface area contributed by atoms with Crippen LogP contribution in [0.1, 0.15) is 5.56 Å². The summed E-state index contributed by atoms with van der Waals surface area (Å²) in [4.78, 5) is 10.9. The Hall–Kier alpha value is -0.620. The monoisotopic (exact) mass is 290 g/mol. The largest absolute Gasteiger partial charge is 0.325 e. The van der Waals surface area contributed by atoms with Gasteiger partial charge in [-0.3, -0.25) is 4.79 Å². The Morgan fingerprint density at radius 3 is 2.85 bits per heavy atom. The number of hydrogen-bond acceptors (Lipinski definition) is 2. The summed E-state index contributed by atoms with van der Waals surface area (Å²) < 4.78 is 1.18. The van der Waals surface area contributed by atoms with Crippen molar-refractivity contribution in [3.8, 4) is 0 Å². The van der Waals surface area contributed by atoms with E-state index in [1.807, 2.05) is 25.1 Å². The van der Waals surface area contributed by atoms with Gasteiger partial charge in [-0.25, -0.2) is 0 Å². The molecule has 0 spiro atoms. The molecular formula is C9H11IN2O. The molecule has 0 aromatic heterocycles. The lowest BCUT2D eigenvalue weighted by Gasteiger charge is -2.05. The summed E-state index contributed by atoms with van der Waals surface area (Å²) in [7, 11) is 0. The highest BCUT2D eigenvalue weighted by Gasteiger charge is 2.00. The van der Waals surface area contributed by atoms with Crippen LogP contribution in [0.5, 0.6) is 0 Å². The SMILES string of the molecule is Cc1cc(NC(=O)CN)ccc1I. The average molecular weight is 290 g/mol. The minimum absolute atomic E-state index is 0.0189. The molecular weight excluding hydrogens is 279 g/mol. The second kappa shape index (κ2) is 4.57. The van der Waals surface area contributed by atoms with Crippen molar-refractivity contribution in [3.05, 3.63) is 27.3 Å². The molecule has 3 nitrogen and oxygen atoms in total. The Labute approximate surface area is 90.8 Å². The summed E-state index contributed by atoms with van der Waals surface area (Å²) in [6.07, 6.45) is 0. The van der Waals surface area contributed by atoms with Gasteiger partial charge in [-0.15, -0.1) is 0 Å². The molecule has 1 rings (SSSR count). The maximum atomic E-state index is 10.9. The number of anilines is 1. The normalized spacial score (nSPS) is 9.77. The molecule has 0 unspecified atom stereocenters. The summed E-state index contributed by atoms with van der Waals surface area (Å²) in [5.74, 6) is -0.166. The zero-order valence-electron chi connectivity index (χ0n) is 7.30. The summed E-state index contributed by atoms with van der Waals surface area (Å²) in [5, 5.41) is 2.69. The first-order chi connectivity index (χ1) is 6.13. The Morgan fingerprint density at radius 2 is 2.31 bits per heavy atom. The first-order valence-corrected chi connectivity index (χ1v) is 4.97. The number of rotatable bonds is 2. The average Bonchev–Trinajstić information content (AvgIpc) is 2.11. The highest BCUT2D eigenvalue weighted by atomic mass is 127. The van der Waals surface area contributed by atoms with Crippen LogP contribution >= 0.6 is 22.6 Å². The van der Waals surface area contributed by atoms with Gasteiger partial charge in [0.05, 0.1) is 6.54 Å². The van der Waals surface area contributed by atoms with Crippen molar-refractivity contribution in [1.29, 1.82) is 0 Å². The number of carbonyl (C=O) groups excluding carboxylic acids is 1. The lowest BCUT2D eigenvalue weighted by Crippen LogP contribution is -2.21. The quantitative estimate of drug-likeness (QED) is 0.811. The van der Waals surface area contributed by atoms with Crippen LogP contribution < -0.4 is 11.1 Å². The van der Waals surface area contributed by atoms with Crippen molar-refractivity contribution < 1.29 is 4.79 Å². The van der Waals surface area contributed by atoms with Gasteiger partial charge in [0.2, 0.25) is 5.91 Å². The molecule has 0 bridgehead atoms. The van der Waals surface area contributed by atoms with Crippen LogP contribution in [0.3, 0.4) is 0 Å². The molecule has 0 heterocycles. The molecule has 13 heavy (non-hydrogen) atoms. The molecule has 0 aliphatic carbocycles. The number of nitrogens with one attached hydrogen (secondary N) is 1. The van der Waals surface area contributed by atoms with Crippen LogP contribution in [0, 0.1) is 10.5 Å². The van der Waals surface area contributed by atoms with Gasteiger partial charge in [-0.1, -0.05) is 0 Å². The number of hydrogen-bond donors (Lipinski definition) is 2. The van der Waals surface area contributed by atoms with Crippen LogP contribution in [0.15, 0.2) is 18.2 Å². The number of halogens is 1. The third-order valence-corrected chi connectivity index (χ3v) is 2.84. The third-order valence-electron chi connectivity index (χ3n) is 1.63. The Balaban J connectivity index is 2.79. The van der Waals surface area contributed by atoms with Gasteiger partial charge in [0.25, 0.3) is 0 Å². The molecule has 3 N–H and O–H groups in total. The highest BCUT2D eigenvalue weighted by Crippen LogP contribution is 2.16. The zero-order chi connectivity index (χ0) is 9.84. The van der Waals surface area contributed by atoms with Gasteiger partial charge in [0.1, 0.15) is 0 Å². The van der Waals surface area contributed by atoms with Gasteiger partial charge < -0.3 is 11.1 Å². The maximum absolute atomic E-state index is 10.9. The molecule has 0 radical (unpaired) electrons. The fourth-order valence-electron chi connectivity index (χ4n) is 0.934. The molecule has 1 aromatic carbocycles. The van der Waals surface area contributed by atoms with E-state index in [4.69, 9.17) is 5.73 Å². The molecule has 0 fully saturated rings. The zero-order valence-corrected chi connectivity index (χ0v) is 9.46. The standard InChI is InChI=1S/C9H11IN2O/c1-6-4-7(2-3-8(6)10)12-9(13)5-11/h2-4H,5,11H2,1H3,(H,12,13). The molecule has 0 aliphatic heterocycles. The van der Waals surface area contributed by atoms with E-state index in [1.54, 1.807) is 0 Å². The molecule has 0 aliphatic rings. The molecule has 70 valence electrons. The predicted octanol–water partition coefficient (Wildman–Crippen LogP) is 1.50. The van der Waals surface area contributed by atoms with E-state index in [-0.39, 0.29) is 12.5 Å². The summed E-state index contributed by atoms with van der Waals surface area (Å²) >= 11 is 2.25. The van der Waals surface area contributed by atoms with Crippen LogP contribution in [-0.2, 0) is 4.79 Å². The predicted molar refractivity (Wildman–Crippen MR) is 61.6 cm³/mol. The molecule has 0 saturated heterocycles. The van der Waals surface area contributed by atoms with Crippen LogP contribution in [0.4, 0.5) is 5.69 Å². The number of benzene rings is 1. The van der Waals surface area contributed by atoms with E-state index in [0.29, 0.717) is 0 Å². The fraction of sp³-hybridized carbons (Fsp3) is 0.222. The van der Waals surface area contributed by atoms with Crippen LogP contribution in [0.25, 0.3) is 0 Å². The van der Waals surface area contributed by atoms with Gasteiger partial charge in [-0.2, -0.15) is 0 Å².